The number of anilines is 2. The second kappa shape index (κ2) is 9.94. The number of hydrogen-bond donors (Lipinski definition) is 0. The predicted molar refractivity (Wildman–Crippen MR) is 127 cm³/mol. The SMILES string of the molecule is CCN(CC)c1ccc(-c2nn(CN3CCN(c4cc(C#N)ccn4)CC3)c(=S)o2)cc1. The van der Waals surface area contributed by atoms with E-state index < -0.39 is 0 Å². The normalized spacial score (nSPS) is 14.3. The Balaban J connectivity index is 1.39. The first-order valence-electron chi connectivity index (χ1n) is 10.9. The van der Waals surface area contributed by atoms with Crippen LogP contribution in [0.15, 0.2) is 47.0 Å². The maximum absolute atomic E-state index is 9.10. The standard InChI is InChI=1S/C23H27N7OS/c1-3-28(4-2)20-7-5-19(6-8-20)22-26-30(23(32)31-22)17-27-11-13-29(14-12-27)21-15-18(16-24)9-10-25-21/h5-10,15H,3-4,11-14,17H2,1-2H3. The van der Waals surface area contributed by atoms with E-state index in [1.54, 1.807) is 16.9 Å². The Morgan fingerprint density at radius 1 is 1.09 bits per heavy atom. The first-order valence-corrected chi connectivity index (χ1v) is 11.3. The molecule has 0 N–H and O–H groups in total. The Labute approximate surface area is 193 Å². The van der Waals surface area contributed by atoms with Crippen molar-refractivity contribution in [3.63, 3.8) is 0 Å². The van der Waals surface area contributed by atoms with Gasteiger partial charge in [-0.1, -0.05) is 0 Å². The molecule has 1 fully saturated rings. The zero-order valence-corrected chi connectivity index (χ0v) is 19.3. The number of nitrogens with zero attached hydrogens (tertiary/aromatic N) is 7. The van der Waals surface area contributed by atoms with Crippen molar-refractivity contribution in [3.05, 3.63) is 53.0 Å². The van der Waals surface area contributed by atoms with Gasteiger partial charge in [-0.05, 0) is 62.5 Å². The molecule has 0 radical (unpaired) electrons. The van der Waals surface area contributed by atoms with Crippen molar-refractivity contribution >= 4 is 23.7 Å². The maximum atomic E-state index is 9.10. The molecule has 32 heavy (non-hydrogen) atoms. The molecule has 0 aliphatic carbocycles. The summed E-state index contributed by atoms with van der Waals surface area (Å²) >= 11 is 5.42. The number of piperazine rings is 1. The summed E-state index contributed by atoms with van der Waals surface area (Å²) in [6, 6.07) is 14.0. The molecule has 0 bridgehead atoms. The fraction of sp³-hybridized carbons (Fsp3) is 0.391. The molecule has 3 heterocycles. The molecular formula is C23H27N7OS. The van der Waals surface area contributed by atoms with Crippen molar-refractivity contribution < 1.29 is 4.42 Å². The highest BCUT2D eigenvalue weighted by Gasteiger charge is 2.20. The van der Waals surface area contributed by atoms with Crippen LogP contribution < -0.4 is 9.80 Å². The molecule has 2 aromatic heterocycles. The van der Waals surface area contributed by atoms with Crippen LogP contribution in [0.1, 0.15) is 19.4 Å². The molecule has 4 rings (SSSR count). The lowest BCUT2D eigenvalue weighted by molar-refractivity contribution is 0.192. The van der Waals surface area contributed by atoms with E-state index in [0.717, 1.165) is 50.6 Å². The molecule has 0 spiro atoms. The number of benzene rings is 1. The van der Waals surface area contributed by atoms with Crippen LogP contribution in [0.4, 0.5) is 11.5 Å². The molecule has 1 saturated heterocycles. The van der Waals surface area contributed by atoms with Crippen LogP contribution in [0.2, 0.25) is 0 Å². The van der Waals surface area contributed by atoms with Crippen LogP contribution in [-0.4, -0.2) is 58.9 Å². The Morgan fingerprint density at radius 3 is 2.47 bits per heavy atom. The largest absolute Gasteiger partial charge is 0.409 e. The number of aromatic nitrogens is 3. The van der Waals surface area contributed by atoms with Gasteiger partial charge < -0.3 is 14.2 Å². The van der Waals surface area contributed by atoms with E-state index in [-0.39, 0.29) is 0 Å². The van der Waals surface area contributed by atoms with Crippen molar-refractivity contribution in [1.29, 1.82) is 5.26 Å². The van der Waals surface area contributed by atoms with Gasteiger partial charge in [0.05, 0.1) is 18.3 Å². The summed E-state index contributed by atoms with van der Waals surface area (Å²) in [5.41, 5.74) is 2.73. The minimum Gasteiger partial charge on any atom is -0.409 e. The van der Waals surface area contributed by atoms with Crippen LogP contribution in [0.3, 0.4) is 0 Å². The molecule has 0 atom stereocenters. The van der Waals surface area contributed by atoms with Crippen molar-refractivity contribution in [2.75, 3.05) is 49.1 Å². The van der Waals surface area contributed by atoms with Gasteiger partial charge in [-0.15, -0.1) is 5.10 Å². The van der Waals surface area contributed by atoms with Gasteiger partial charge >= 0.3 is 0 Å². The molecule has 3 aromatic rings. The summed E-state index contributed by atoms with van der Waals surface area (Å²) < 4.78 is 7.53. The van der Waals surface area contributed by atoms with Gasteiger partial charge in [0, 0.05) is 56.7 Å². The van der Waals surface area contributed by atoms with E-state index in [9.17, 15) is 0 Å². The van der Waals surface area contributed by atoms with Gasteiger partial charge in [-0.2, -0.15) is 5.26 Å². The van der Waals surface area contributed by atoms with Crippen LogP contribution in [-0.2, 0) is 6.67 Å². The van der Waals surface area contributed by atoms with E-state index in [0.29, 0.717) is 23.0 Å². The fourth-order valence-corrected chi connectivity index (χ4v) is 4.06. The van der Waals surface area contributed by atoms with E-state index >= 15 is 0 Å². The maximum Gasteiger partial charge on any atom is 0.288 e. The molecule has 1 aliphatic heterocycles. The molecule has 0 unspecified atom stereocenters. The summed E-state index contributed by atoms with van der Waals surface area (Å²) in [6.07, 6.45) is 1.69. The van der Waals surface area contributed by atoms with E-state index in [1.165, 1.54) is 5.69 Å². The first kappa shape index (κ1) is 22.0. The summed E-state index contributed by atoms with van der Waals surface area (Å²) in [5, 5.41) is 13.7. The smallest absolute Gasteiger partial charge is 0.288 e. The summed E-state index contributed by atoms with van der Waals surface area (Å²) in [6.45, 7) is 10.2. The molecule has 0 amide bonds. The number of rotatable bonds is 7. The van der Waals surface area contributed by atoms with E-state index in [2.05, 4.69) is 56.8 Å². The van der Waals surface area contributed by atoms with Crippen LogP contribution in [0, 0.1) is 16.2 Å². The average Bonchev–Trinajstić information content (AvgIpc) is 3.21. The number of pyridine rings is 1. The van der Waals surface area contributed by atoms with Crippen LogP contribution in [0.25, 0.3) is 11.5 Å². The fourth-order valence-electron chi connectivity index (χ4n) is 3.88. The lowest BCUT2D eigenvalue weighted by Gasteiger charge is -2.35. The lowest BCUT2D eigenvalue weighted by Crippen LogP contribution is -2.47. The predicted octanol–water partition coefficient (Wildman–Crippen LogP) is 3.77. The van der Waals surface area contributed by atoms with Crippen LogP contribution in [0.5, 0.6) is 0 Å². The topological polar surface area (TPSA) is 77.4 Å². The van der Waals surface area contributed by atoms with Gasteiger partial charge in [-0.25, -0.2) is 9.67 Å². The second-order valence-corrected chi connectivity index (χ2v) is 8.00. The Morgan fingerprint density at radius 2 is 1.81 bits per heavy atom. The monoisotopic (exact) mass is 449 g/mol. The van der Waals surface area contributed by atoms with Gasteiger partial charge in [0.25, 0.3) is 4.84 Å². The average molecular weight is 450 g/mol. The van der Waals surface area contributed by atoms with Crippen molar-refractivity contribution in [1.82, 2.24) is 19.7 Å². The molecule has 1 aromatic carbocycles. The molecule has 1 aliphatic rings. The highest BCUT2D eigenvalue weighted by molar-refractivity contribution is 7.71. The summed E-state index contributed by atoms with van der Waals surface area (Å²) in [7, 11) is 0. The quantitative estimate of drug-likeness (QED) is 0.505. The third-order valence-corrected chi connectivity index (χ3v) is 6.05. The molecule has 8 nitrogen and oxygen atoms in total. The van der Waals surface area contributed by atoms with Gasteiger partial charge in [0.2, 0.25) is 5.89 Å². The zero-order chi connectivity index (χ0) is 22.5. The lowest BCUT2D eigenvalue weighted by atomic mass is 10.2. The van der Waals surface area contributed by atoms with Gasteiger partial charge in [0.15, 0.2) is 0 Å². The number of nitriles is 1. The molecule has 166 valence electrons. The van der Waals surface area contributed by atoms with E-state index in [1.807, 2.05) is 18.2 Å². The minimum atomic E-state index is 0.374. The second-order valence-electron chi connectivity index (χ2n) is 7.65. The molecule has 0 saturated carbocycles. The van der Waals surface area contributed by atoms with Crippen molar-refractivity contribution in [2.24, 2.45) is 0 Å². The first-order chi connectivity index (χ1) is 15.6. The Bertz CT molecular complexity index is 1140. The molecular weight excluding hydrogens is 422 g/mol. The third-order valence-electron chi connectivity index (χ3n) is 5.75. The summed E-state index contributed by atoms with van der Waals surface area (Å²) in [5.74, 6) is 1.38. The van der Waals surface area contributed by atoms with Crippen molar-refractivity contribution in [2.45, 2.75) is 20.5 Å². The zero-order valence-electron chi connectivity index (χ0n) is 18.4. The number of hydrogen-bond acceptors (Lipinski definition) is 8. The summed E-state index contributed by atoms with van der Waals surface area (Å²) in [4.78, 5) is 11.6. The van der Waals surface area contributed by atoms with Crippen molar-refractivity contribution in [3.8, 4) is 17.5 Å². The van der Waals surface area contributed by atoms with Gasteiger partial charge in [-0.3, -0.25) is 4.90 Å². The Kier molecular flexibility index (Phi) is 6.83. The van der Waals surface area contributed by atoms with E-state index in [4.69, 9.17) is 21.9 Å². The van der Waals surface area contributed by atoms with Crippen LogP contribution >= 0.6 is 12.2 Å². The van der Waals surface area contributed by atoms with Gasteiger partial charge in [0.1, 0.15) is 5.82 Å². The minimum absolute atomic E-state index is 0.374. The third kappa shape index (κ3) is 4.82. The highest BCUT2D eigenvalue weighted by atomic mass is 32.1. The highest BCUT2D eigenvalue weighted by Crippen LogP contribution is 2.23. The molecule has 9 heteroatoms. The Hall–Kier alpha value is -3.22.